The van der Waals surface area contributed by atoms with Gasteiger partial charge >= 0.3 is 17.8 Å². The summed E-state index contributed by atoms with van der Waals surface area (Å²) < 4.78 is 1.28. The van der Waals surface area contributed by atoms with Crippen molar-refractivity contribution in [3.05, 3.63) is 35.4 Å². The third kappa shape index (κ3) is 2.02. The molecule has 2 aliphatic heterocycles. The van der Waals surface area contributed by atoms with E-state index >= 15 is 0 Å². The number of carbonyl (C=O) groups excluding carboxylic acids is 4. The molecular weight excluding hydrogens is 286 g/mol. The van der Waals surface area contributed by atoms with Crippen LogP contribution in [0, 0.1) is 0 Å². The molecule has 3 rings (SSSR count). The Labute approximate surface area is 126 Å². The lowest BCUT2D eigenvalue weighted by atomic mass is 10.1. The van der Waals surface area contributed by atoms with Crippen LogP contribution < -0.4 is 5.32 Å². The molecule has 1 N–H and O–H groups in total. The van der Waals surface area contributed by atoms with Gasteiger partial charge in [-0.1, -0.05) is 19.1 Å². The maximum absolute atomic E-state index is 12.5. The second-order valence-corrected chi connectivity index (χ2v) is 5.09. The van der Waals surface area contributed by atoms with Gasteiger partial charge in [0, 0.05) is 0 Å². The third-order valence-electron chi connectivity index (χ3n) is 3.62. The van der Waals surface area contributed by atoms with E-state index in [1.165, 1.54) is 4.58 Å². The fourth-order valence-electron chi connectivity index (χ4n) is 2.66. The van der Waals surface area contributed by atoms with Gasteiger partial charge in [0.25, 0.3) is 5.91 Å². The van der Waals surface area contributed by atoms with E-state index in [0.29, 0.717) is 13.0 Å². The van der Waals surface area contributed by atoms with Crippen LogP contribution in [-0.2, 0) is 4.79 Å². The first kappa shape index (κ1) is 14.1. The van der Waals surface area contributed by atoms with Crippen molar-refractivity contribution in [3.63, 3.8) is 0 Å². The van der Waals surface area contributed by atoms with Crippen molar-refractivity contribution in [2.24, 2.45) is 0 Å². The minimum absolute atomic E-state index is 0.127. The van der Waals surface area contributed by atoms with E-state index < -0.39 is 23.8 Å². The molecule has 2 heterocycles. The second kappa shape index (κ2) is 5.18. The predicted octanol–water partition coefficient (Wildman–Crippen LogP) is 0.744. The Bertz CT molecular complexity index is 716. The Morgan fingerprint density at radius 1 is 1.09 bits per heavy atom. The van der Waals surface area contributed by atoms with Gasteiger partial charge in [0.1, 0.15) is 6.42 Å². The average Bonchev–Trinajstić information content (AvgIpc) is 2.74. The number of nitrogens with one attached hydrogen (secondary N) is 1. The minimum atomic E-state index is -0.607. The van der Waals surface area contributed by atoms with Crippen LogP contribution in [0.3, 0.4) is 0 Å². The Hall–Kier alpha value is -2.83. The summed E-state index contributed by atoms with van der Waals surface area (Å²) in [5, 5.41) is 2.20. The number of hydrogen-bond donors (Lipinski definition) is 1. The van der Waals surface area contributed by atoms with Crippen LogP contribution in [0.4, 0.5) is 4.79 Å². The van der Waals surface area contributed by atoms with Gasteiger partial charge in [-0.15, -0.1) is 0 Å². The molecule has 0 saturated heterocycles. The van der Waals surface area contributed by atoms with Crippen molar-refractivity contribution in [1.82, 2.24) is 10.2 Å². The highest BCUT2D eigenvalue weighted by atomic mass is 16.2. The summed E-state index contributed by atoms with van der Waals surface area (Å²) in [6.45, 7) is 2.19. The molecule has 0 aliphatic carbocycles. The largest absolute Gasteiger partial charge is 0.443 e. The number of urea groups is 1. The fraction of sp³-hybridized carbons (Fsp3) is 0.267. The number of benzene rings is 1. The summed E-state index contributed by atoms with van der Waals surface area (Å²) in [6, 6.07) is 5.85. The molecule has 0 unspecified atom stereocenters. The van der Waals surface area contributed by atoms with Gasteiger partial charge in [0.15, 0.2) is 0 Å². The van der Waals surface area contributed by atoms with E-state index in [1.54, 1.807) is 24.3 Å². The van der Waals surface area contributed by atoms with Crippen molar-refractivity contribution in [3.8, 4) is 0 Å². The number of imide groups is 2. The van der Waals surface area contributed by atoms with Crippen LogP contribution in [0.2, 0.25) is 0 Å². The quantitative estimate of drug-likeness (QED) is 0.645. The lowest BCUT2D eigenvalue weighted by Crippen LogP contribution is -2.53. The molecule has 0 radical (unpaired) electrons. The topological polar surface area (TPSA) is 86.6 Å². The van der Waals surface area contributed by atoms with Crippen molar-refractivity contribution < 1.29 is 23.8 Å². The molecule has 0 fully saturated rings. The lowest BCUT2D eigenvalue weighted by molar-refractivity contribution is -0.435. The van der Waals surface area contributed by atoms with Gasteiger partial charge < -0.3 is 0 Å². The summed E-state index contributed by atoms with van der Waals surface area (Å²) >= 11 is 0. The zero-order valence-corrected chi connectivity index (χ0v) is 12.0. The molecule has 1 aromatic rings. The zero-order valence-electron chi connectivity index (χ0n) is 12.0. The van der Waals surface area contributed by atoms with Crippen molar-refractivity contribution in [2.45, 2.75) is 19.8 Å². The monoisotopic (exact) mass is 300 g/mol. The van der Waals surface area contributed by atoms with Gasteiger partial charge in [0.2, 0.25) is 5.84 Å². The van der Waals surface area contributed by atoms with E-state index in [0.717, 1.165) is 4.90 Å². The first-order chi connectivity index (χ1) is 10.5. The van der Waals surface area contributed by atoms with Crippen LogP contribution >= 0.6 is 0 Å². The summed E-state index contributed by atoms with van der Waals surface area (Å²) in [4.78, 5) is 49.5. The van der Waals surface area contributed by atoms with Crippen LogP contribution in [-0.4, -0.2) is 45.6 Å². The molecule has 7 heteroatoms. The Kier molecular flexibility index (Phi) is 3.32. The normalized spacial score (nSPS) is 18.0. The van der Waals surface area contributed by atoms with Gasteiger partial charge in [-0.2, -0.15) is 9.48 Å². The number of carbonyl (C=O) groups is 4. The van der Waals surface area contributed by atoms with Crippen molar-refractivity contribution in [1.29, 1.82) is 0 Å². The van der Waals surface area contributed by atoms with Gasteiger partial charge in [0.05, 0.1) is 17.7 Å². The molecule has 0 spiro atoms. The summed E-state index contributed by atoms with van der Waals surface area (Å²) in [7, 11) is 0. The first-order valence-electron chi connectivity index (χ1n) is 6.99. The molecule has 0 saturated carbocycles. The lowest BCUT2D eigenvalue weighted by Gasteiger charge is -2.19. The number of amidine groups is 1. The van der Waals surface area contributed by atoms with Crippen molar-refractivity contribution in [2.75, 3.05) is 6.54 Å². The van der Waals surface area contributed by atoms with E-state index in [9.17, 15) is 19.2 Å². The number of hydrogen-bond acceptors (Lipinski definition) is 4. The van der Waals surface area contributed by atoms with E-state index in [4.69, 9.17) is 0 Å². The molecule has 1 aromatic carbocycles. The van der Waals surface area contributed by atoms with E-state index in [2.05, 4.69) is 5.32 Å². The highest BCUT2D eigenvalue weighted by Gasteiger charge is 2.47. The van der Waals surface area contributed by atoms with Gasteiger partial charge in [-0.25, -0.2) is 19.7 Å². The smallest absolute Gasteiger partial charge is 0.256 e. The SMILES string of the molecule is CCC[N+]1=C(N2C(=O)c3ccccc3C2=O)CC(=O)NC1=O. The van der Waals surface area contributed by atoms with Crippen LogP contribution in [0.25, 0.3) is 0 Å². The Balaban J connectivity index is 2.11. The maximum Gasteiger partial charge on any atom is 0.443 e. The summed E-state index contributed by atoms with van der Waals surface area (Å²) in [5.74, 6) is -1.40. The fourth-order valence-corrected chi connectivity index (χ4v) is 2.66. The molecular formula is C15H14N3O4+. The molecule has 0 aromatic heterocycles. The van der Waals surface area contributed by atoms with E-state index in [-0.39, 0.29) is 23.4 Å². The highest BCUT2D eigenvalue weighted by molar-refractivity contribution is 6.31. The van der Waals surface area contributed by atoms with Crippen LogP contribution in [0.15, 0.2) is 24.3 Å². The number of rotatable bonds is 2. The van der Waals surface area contributed by atoms with Gasteiger partial charge in [-0.3, -0.25) is 4.79 Å². The molecule has 2 aliphatic rings. The molecule has 0 bridgehead atoms. The first-order valence-corrected chi connectivity index (χ1v) is 6.99. The number of amides is 5. The molecule has 7 nitrogen and oxygen atoms in total. The summed E-state index contributed by atoms with van der Waals surface area (Å²) in [6.07, 6.45) is 0.450. The predicted molar refractivity (Wildman–Crippen MR) is 75.5 cm³/mol. The van der Waals surface area contributed by atoms with E-state index in [1.807, 2.05) is 6.92 Å². The molecule has 22 heavy (non-hydrogen) atoms. The van der Waals surface area contributed by atoms with Crippen LogP contribution in [0.1, 0.15) is 40.5 Å². The number of fused-ring (bicyclic) bond motifs is 1. The van der Waals surface area contributed by atoms with Crippen LogP contribution in [0.5, 0.6) is 0 Å². The molecule has 5 amide bonds. The molecule has 112 valence electrons. The second-order valence-electron chi connectivity index (χ2n) is 5.09. The maximum atomic E-state index is 12.5. The minimum Gasteiger partial charge on any atom is -0.256 e. The molecule has 0 atom stereocenters. The standard InChI is InChI=1S/C15H13N3O4/c1-2-7-17-12(8-11(19)16-15(17)22)18-13(20)9-5-3-4-6-10(9)14(18)21/h3-6H,2,7-8H2,1H3/p+1. The summed E-state index contributed by atoms with van der Waals surface area (Å²) in [5.41, 5.74) is 0.574. The number of nitrogens with zero attached hydrogens (tertiary/aromatic N) is 2. The third-order valence-corrected chi connectivity index (χ3v) is 3.62. The zero-order chi connectivity index (χ0) is 15.9. The Morgan fingerprint density at radius 3 is 2.23 bits per heavy atom. The van der Waals surface area contributed by atoms with Gasteiger partial charge in [-0.05, 0) is 18.6 Å². The Morgan fingerprint density at radius 2 is 1.68 bits per heavy atom. The average molecular weight is 300 g/mol. The van der Waals surface area contributed by atoms with Crippen molar-refractivity contribution >= 4 is 29.6 Å². The highest BCUT2D eigenvalue weighted by Crippen LogP contribution is 2.24.